The summed E-state index contributed by atoms with van der Waals surface area (Å²) in [5.74, 6) is -0.00180. The first kappa shape index (κ1) is 12.4. The first-order valence-electron chi connectivity index (χ1n) is 5.91. The molecule has 0 saturated carbocycles. The molecule has 1 heterocycles. The van der Waals surface area contributed by atoms with Crippen LogP contribution in [0.1, 0.15) is 12.8 Å². The van der Waals surface area contributed by atoms with Crippen LogP contribution in [0.15, 0.2) is 24.3 Å². The molecule has 0 bridgehead atoms. The molecule has 1 aromatic carbocycles. The summed E-state index contributed by atoms with van der Waals surface area (Å²) in [5.41, 5.74) is 0.731. The van der Waals surface area contributed by atoms with Gasteiger partial charge < -0.3 is 15.3 Å². The van der Waals surface area contributed by atoms with Gasteiger partial charge in [0.2, 0.25) is 11.8 Å². The molecule has 5 heteroatoms. The topological polar surface area (TPSA) is 69.6 Å². The fraction of sp³-hybridized carbons (Fsp3) is 0.385. The van der Waals surface area contributed by atoms with Crippen LogP contribution >= 0.6 is 0 Å². The second kappa shape index (κ2) is 5.08. The first-order valence-corrected chi connectivity index (χ1v) is 5.91. The van der Waals surface area contributed by atoms with Crippen LogP contribution < -0.4 is 10.2 Å². The third-order valence-corrected chi connectivity index (χ3v) is 3.18. The van der Waals surface area contributed by atoms with E-state index < -0.39 is 0 Å². The molecule has 0 spiro atoms. The van der Waals surface area contributed by atoms with E-state index in [0.717, 1.165) is 5.69 Å². The number of nitrogens with one attached hydrogen (secondary N) is 1. The highest BCUT2D eigenvalue weighted by molar-refractivity contribution is 5.95. The van der Waals surface area contributed by atoms with Crippen molar-refractivity contribution in [2.45, 2.75) is 12.8 Å². The molecule has 2 rings (SSSR count). The van der Waals surface area contributed by atoms with Crippen LogP contribution in [-0.2, 0) is 9.59 Å². The average molecular weight is 248 g/mol. The Morgan fingerprint density at radius 2 is 2.06 bits per heavy atom. The van der Waals surface area contributed by atoms with Crippen molar-refractivity contribution in [3.05, 3.63) is 24.3 Å². The molecule has 1 atom stereocenters. The van der Waals surface area contributed by atoms with Gasteiger partial charge in [0.15, 0.2) is 0 Å². The van der Waals surface area contributed by atoms with Crippen LogP contribution in [0.25, 0.3) is 0 Å². The highest BCUT2D eigenvalue weighted by Gasteiger charge is 2.27. The molecule has 1 aromatic rings. The minimum absolute atomic E-state index is 0.00587. The number of carbonyl (C=O) groups excluding carboxylic acids is 2. The Kier molecular flexibility index (Phi) is 3.50. The van der Waals surface area contributed by atoms with Gasteiger partial charge in [0, 0.05) is 25.7 Å². The Balaban J connectivity index is 2.04. The van der Waals surface area contributed by atoms with Gasteiger partial charge in [-0.05, 0) is 30.7 Å². The second-order valence-electron chi connectivity index (χ2n) is 4.45. The van der Waals surface area contributed by atoms with E-state index >= 15 is 0 Å². The maximum absolute atomic E-state index is 12.2. The van der Waals surface area contributed by atoms with Crippen LogP contribution in [0.3, 0.4) is 0 Å². The summed E-state index contributed by atoms with van der Waals surface area (Å²) in [6, 6.07) is 6.47. The smallest absolute Gasteiger partial charge is 0.231 e. The summed E-state index contributed by atoms with van der Waals surface area (Å²) in [7, 11) is 1.70. The van der Waals surface area contributed by atoms with Crippen LogP contribution in [0.5, 0.6) is 5.75 Å². The fourth-order valence-corrected chi connectivity index (χ4v) is 2.02. The number of carbonyl (C=O) groups is 2. The zero-order chi connectivity index (χ0) is 13.1. The van der Waals surface area contributed by atoms with E-state index in [0.29, 0.717) is 19.4 Å². The largest absolute Gasteiger partial charge is 0.508 e. The molecule has 0 aromatic heterocycles. The van der Waals surface area contributed by atoms with Crippen molar-refractivity contribution in [3.63, 3.8) is 0 Å². The van der Waals surface area contributed by atoms with Crippen molar-refractivity contribution in [1.82, 2.24) is 5.32 Å². The monoisotopic (exact) mass is 248 g/mol. The molecule has 0 radical (unpaired) electrons. The van der Waals surface area contributed by atoms with Gasteiger partial charge in [0.1, 0.15) is 5.75 Å². The lowest BCUT2D eigenvalue weighted by atomic mass is 9.97. The molecule has 1 fully saturated rings. The fourth-order valence-electron chi connectivity index (χ4n) is 2.02. The van der Waals surface area contributed by atoms with E-state index in [1.807, 2.05) is 0 Å². The van der Waals surface area contributed by atoms with Gasteiger partial charge in [-0.15, -0.1) is 0 Å². The summed E-state index contributed by atoms with van der Waals surface area (Å²) in [5, 5.41) is 11.9. The van der Waals surface area contributed by atoms with Gasteiger partial charge in [0.25, 0.3) is 0 Å². The van der Waals surface area contributed by atoms with Crippen LogP contribution in [-0.4, -0.2) is 30.5 Å². The Morgan fingerprint density at radius 1 is 1.39 bits per heavy atom. The number of rotatable bonds is 2. The lowest BCUT2D eigenvalue weighted by Crippen LogP contribution is -2.43. The number of amides is 2. The molecular weight excluding hydrogens is 232 g/mol. The van der Waals surface area contributed by atoms with Crippen molar-refractivity contribution < 1.29 is 14.7 Å². The Morgan fingerprint density at radius 3 is 2.61 bits per heavy atom. The highest BCUT2D eigenvalue weighted by Crippen LogP contribution is 2.21. The van der Waals surface area contributed by atoms with Gasteiger partial charge in [0.05, 0.1) is 5.92 Å². The molecule has 2 N–H and O–H groups in total. The van der Waals surface area contributed by atoms with E-state index in [2.05, 4.69) is 5.32 Å². The summed E-state index contributed by atoms with van der Waals surface area (Å²) in [4.78, 5) is 24.8. The van der Waals surface area contributed by atoms with Gasteiger partial charge in [-0.25, -0.2) is 0 Å². The SMILES string of the molecule is CN(C(=O)C1CCC(=O)NC1)c1ccc(O)cc1. The number of benzene rings is 1. The summed E-state index contributed by atoms with van der Waals surface area (Å²) in [6.45, 7) is 0.403. The zero-order valence-corrected chi connectivity index (χ0v) is 10.2. The minimum Gasteiger partial charge on any atom is -0.508 e. The van der Waals surface area contributed by atoms with Gasteiger partial charge in [-0.2, -0.15) is 0 Å². The van der Waals surface area contributed by atoms with E-state index in [1.165, 1.54) is 0 Å². The van der Waals surface area contributed by atoms with Crippen molar-refractivity contribution in [2.24, 2.45) is 5.92 Å². The zero-order valence-electron chi connectivity index (χ0n) is 10.2. The van der Waals surface area contributed by atoms with Gasteiger partial charge in [-0.1, -0.05) is 0 Å². The number of phenols is 1. The molecule has 1 unspecified atom stereocenters. The van der Waals surface area contributed by atoms with Crippen molar-refractivity contribution in [2.75, 3.05) is 18.5 Å². The van der Waals surface area contributed by atoms with E-state index in [1.54, 1.807) is 36.2 Å². The van der Waals surface area contributed by atoms with E-state index in [-0.39, 0.29) is 23.5 Å². The lowest BCUT2D eigenvalue weighted by molar-refractivity contribution is -0.127. The van der Waals surface area contributed by atoms with Crippen LogP contribution in [0.2, 0.25) is 0 Å². The predicted molar refractivity (Wildman–Crippen MR) is 67.3 cm³/mol. The molecule has 1 aliphatic heterocycles. The maximum atomic E-state index is 12.2. The quantitative estimate of drug-likeness (QED) is 0.816. The van der Waals surface area contributed by atoms with Crippen molar-refractivity contribution >= 4 is 17.5 Å². The number of phenolic OH excluding ortho intramolecular Hbond substituents is 1. The Labute approximate surface area is 105 Å². The third-order valence-electron chi connectivity index (χ3n) is 3.18. The van der Waals surface area contributed by atoms with Crippen molar-refractivity contribution in [1.29, 1.82) is 0 Å². The number of aromatic hydroxyl groups is 1. The molecule has 1 saturated heterocycles. The number of piperidine rings is 1. The molecule has 2 amide bonds. The van der Waals surface area contributed by atoms with Crippen LogP contribution in [0.4, 0.5) is 5.69 Å². The maximum Gasteiger partial charge on any atom is 0.231 e. The average Bonchev–Trinajstić information content (AvgIpc) is 2.39. The van der Waals surface area contributed by atoms with Crippen LogP contribution in [0, 0.1) is 5.92 Å². The Bertz CT molecular complexity index is 446. The molecule has 0 aliphatic carbocycles. The molecular formula is C13H16N2O3. The third kappa shape index (κ3) is 2.61. The molecule has 96 valence electrons. The van der Waals surface area contributed by atoms with E-state index in [9.17, 15) is 14.7 Å². The normalized spacial score (nSPS) is 19.2. The second-order valence-corrected chi connectivity index (χ2v) is 4.45. The molecule has 18 heavy (non-hydrogen) atoms. The standard InChI is InChI=1S/C13H16N2O3/c1-15(10-3-5-11(16)6-4-10)13(18)9-2-7-12(17)14-8-9/h3-6,9,16H,2,7-8H2,1H3,(H,14,17). The minimum atomic E-state index is -0.165. The first-order chi connectivity index (χ1) is 8.58. The summed E-state index contributed by atoms with van der Waals surface area (Å²) >= 11 is 0. The Hall–Kier alpha value is -2.04. The lowest BCUT2D eigenvalue weighted by Gasteiger charge is -2.26. The summed E-state index contributed by atoms with van der Waals surface area (Å²) in [6.07, 6.45) is 0.993. The van der Waals surface area contributed by atoms with E-state index in [4.69, 9.17) is 0 Å². The predicted octanol–water partition coefficient (Wildman–Crippen LogP) is 0.881. The van der Waals surface area contributed by atoms with Gasteiger partial charge in [-0.3, -0.25) is 9.59 Å². The summed E-state index contributed by atoms with van der Waals surface area (Å²) < 4.78 is 0. The number of anilines is 1. The van der Waals surface area contributed by atoms with Gasteiger partial charge >= 0.3 is 0 Å². The molecule has 5 nitrogen and oxygen atoms in total. The van der Waals surface area contributed by atoms with Crippen molar-refractivity contribution in [3.8, 4) is 5.75 Å². The number of hydrogen-bond acceptors (Lipinski definition) is 3. The number of nitrogens with zero attached hydrogens (tertiary/aromatic N) is 1. The number of hydrogen-bond donors (Lipinski definition) is 2. The highest BCUT2D eigenvalue weighted by atomic mass is 16.3. The molecule has 1 aliphatic rings.